The summed E-state index contributed by atoms with van der Waals surface area (Å²) in [6.45, 7) is 8.31. The standard InChI is InChI=1S/C23H29NO3S/c1-23(2,3)17-8-10-19(11-9-17)28-21-7-5-4-6-20(21)27-18-12-14-24(15-13-18)16-22(25)26/h4-11,18H,12-16H2,1-3H3,(H,25,26). The van der Waals surface area contributed by atoms with Crippen molar-refractivity contribution in [1.82, 2.24) is 4.90 Å². The van der Waals surface area contributed by atoms with Gasteiger partial charge in [0.1, 0.15) is 11.9 Å². The minimum atomic E-state index is -0.765. The van der Waals surface area contributed by atoms with Gasteiger partial charge in [-0.1, -0.05) is 56.8 Å². The first-order chi connectivity index (χ1) is 13.3. The summed E-state index contributed by atoms with van der Waals surface area (Å²) in [7, 11) is 0. The quantitative estimate of drug-likeness (QED) is 0.735. The molecule has 2 aromatic carbocycles. The van der Waals surface area contributed by atoms with Gasteiger partial charge < -0.3 is 9.84 Å². The molecule has 0 unspecified atom stereocenters. The number of benzene rings is 2. The van der Waals surface area contributed by atoms with E-state index in [0.29, 0.717) is 0 Å². The van der Waals surface area contributed by atoms with E-state index < -0.39 is 5.97 Å². The lowest BCUT2D eigenvalue weighted by molar-refractivity contribution is -0.138. The minimum absolute atomic E-state index is 0.115. The second kappa shape index (κ2) is 9.01. The van der Waals surface area contributed by atoms with Gasteiger partial charge in [-0.05, 0) is 48.1 Å². The van der Waals surface area contributed by atoms with Crippen molar-refractivity contribution in [2.24, 2.45) is 0 Å². The van der Waals surface area contributed by atoms with Crippen LogP contribution in [0.5, 0.6) is 5.75 Å². The maximum absolute atomic E-state index is 10.9. The van der Waals surface area contributed by atoms with E-state index in [2.05, 4.69) is 51.1 Å². The summed E-state index contributed by atoms with van der Waals surface area (Å²) >= 11 is 1.72. The van der Waals surface area contributed by atoms with Crippen LogP contribution in [0, 0.1) is 0 Å². The third kappa shape index (κ3) is 5.76. The van der Waals surface area contributed by atoms with Crippen LogP contribution in [0.2, 0.25) is 0 Å². The topological polar surface area (TPSA) is 49.8 Å². The van der Waals surface area contributed by atoms with E-state index in [4.69, 9.17) is 9.84 Å². The molecule has 1 saturated heterocycles. The molecular formula is C23H29NO3S. The molecule has 1 heterocycles. The molecule has 0 spiro atoms. The molecule has 3 rings (SSSR count). The zero-order valence-corrected chi connectivity index (χ0v) is 17.7. The Morgan fingerprint density at radius 3 is 2.36 bits per heavy atom. The number of likely N-dealkylation sites (tertiary alicyclic amines) is 1. The molecule has 150 valence electrons. The molecule has 28 heavy (non-hydrogen) atoms. The fourth-order valence-corrected chi connectivity index (χ4v) is 4.23. The van der Waals surface area contributed by atoms with Gasteiger partial charge >= 0.3 is 5.97 Å². The number of piperidine rings is 1. The van der Waals surface area contributed by atoms with E-state index in [1.165, 1.54) is 10.5 Å². The lowest BCUT2D eigenvalue weighted by atomic mass is 9.87. The van der Waals surface area contributed by atoms with Crippen molar-refractivity contribution in [3.8, 4) is 5.75 Å². The summed E-state index contributed by atoms with van der Waals surface area (Å²) < 4.78 is 6.30. The summed E-state index contributed by atoms with van der Waals surface area (Å²) in [6, 6.07) is 16.9. The molecule has 0 saturated carbocycles. The fourth-order valence-electron chi connectivity index (χ4n) is 3.34. The summed E-state index contributed by atoms with van der Waals surface area (Å²) in [4.78, 5) is 15.1. The number of nitrogens with zero attached hydrogens (tertiary/aromatic N) is 1. The highest BCUT2D eigenvalue weighted by atomic mass is 32.2. The Balaban J connectivity index is 1.63. The van der Waals surface area contributed by atoms with E-state index in [1.54, 1.807) is 11.8 Å². The van der Waals surface area contributed by atoms with Crippen LogP contribution in [0.4, 0.5) is 0 Å². The number of rotatable bonds is 6. The number of carboxylic acid groups (broad SMARTS) is 1. The molecule has 0 aliphatic carbocycles. The molecule has 5 heteroatoms. The molecule has 2 aromatic rings. The van der Waals surface area contributed by atoms with Crippen molar-refractivity contribution in [2.45, 2.75) is 54.9 Å². The van der Waals surface area contributed by atoms with Crippen LogP contribution in [0.15, 0.2) is 58.3 Å². The Hall–Kier alpha value is -1.98. The highest BCUT2D eigenvalue weighted by Crippen LogP contribution is 2.36. The van der Waals surface area contributed by atoms with E-state index in [0.717, 1.165) is 36.6 Å². The molecule has 1 aliphatic heterocycles. The number of hydrogen-bond acceptors (Lipinski definition) is 4. The molecule has 0 amide bonds. The molecule has 0 bridgehead atoms. The lowest BCUT2D eigenvalue weighted by Gasteiger charge is -2.31. The Morgan fingerprint density at radius 2 is 1.75 bits per heavy atom. The SMILES string of the molecule is CC(C)(C)c1ccc(Sc2ccccc2OC2CCN(CC(=O)O)CC2)cc1. The van der Waals surface area contributed by atoms with Crippen molar-refractivity contribution in [2.75, 3.05) is 19.6 Å². The maximum atomic E-state index is 10.9. The van der Waals surface area contributed by atoms with Gasteiger partial charge in [-0.15, -0.1) is 0 Å². The van der Waals surface area contributed by atoms with Gasteiger partial charge in [-0.2, -0.15) is 0 Å². The first-order valence-corrected chi connectivity index (χ1v) is 10.6. The number of carboxylic acids is 1. The maximum Gasteiger partial charge on any atom is 0.317 e. The third-order valence-electron chi connectivity index (χ3n) is 4.98. The predicted molar refractivity (Wildman–Crippen MR) is 113 cm³/mol. The highest BCUT2D eigenvalue weighted by Gasteiger charge is 2.22. The van der Waals surface area contributed by atoms with Crippen LogP contribution in [0.25, 0.3) is 0 Å². The molecule has 1 N–H and O–H groups in total. The molecule has 4 nitrogen and oxygen atoms in total. The van der Waals surface area contributed by atoms with E-state index in [1.807, 2.05) is 23.1 Å². The average Bonchev–Trinajstić information content (AvgIpc) is 2.64. The van der Waals surface area contributed by atoms with Crippen LogP contribution in [-0.2, 0) is 10.2 Å². The normalized spacial score (nSPS) is 16.1. The summed E-state index contributed by atoms with van der Waals surface area (Å²) in [5.41, 5.74) is 1.48. The smallest absolute Gasteiger partial charge is 0.317 e. The van der Waals surface area contributed by atoms with Gasteiger partial charge in [-0.3, -0.25) is 9.69 Å². The number of hydrogen-bond donors (Lipinski definition) is 1. The minimum Gasteiger partial charge on any atom is -0.489 e. The van der Waals surface area contributed by atoms with Gasteiger partial charge in [-0.25, -0.2) is 0 Å². The first kappa shape index (κ1) is 20.7. The number of carbonyl (C=O) groups is 1. The number of ether oxygens (including phenoxy) is 1. The van der Waals surface area contributed by atoms with Crippen molar-refractivity contribution < 1.29 is 14.6 Å². The Morgan fingerprint density at radius 1 is 1.11 bits per heavy atom. The molecule has 1 fully saturated rings. The van der Waals surface area contributed by atoms with Crippen LogP contribution in [-0.4, -0.2) is 41.7 Å². The van der Waals surface area contributed by atoms with Crippen molar-refractivity contribution >= 4 is 17.7 Å². The van der Waals surface area contributed by atoms with Gasteiger partial charge in [0, 0.05) is 18.0 Å². The fraction of sp³-hybridized carbons (Fsp3) is 0.435. The van der Waals surface area contributed by atoms with Crippen molar-refractivity contribution in [3.63, 3.8) is 0 Å². The largest absolute Gasteiger partial charge is 0.489 e. The van der Waals surface area contributed by atoms with Gasteiger partial charge in [0.15, 0.2) is 0 Å². The van der Waals surface area contributed by atoms with E-state index in [9.17, 15) is 4.79 Å². The van der Waals surface area contributed by atoms with Crippen LogP contribution in [0.3, 0.4) is 0 Å². The Bertz CT molecular complexity index is 790. The van der Waals surface area contributed by atoms with E-state index in [-0.39, 0.29) is 18.1 Å². The molecule has 0 aromatic heterocycles. The van der Waals surface area contributed by atoms with Crippen LogP contribution >= 0.6 is 11.8 Å². The Kier molecular flexibility index (Phi) is 6.68. The highest BCUT2D eigenvalue weighted by molar-refractivity contribution is 7.99. The first-order valence-electron chi connectivity index (χ1n) is 9.79. The number of aliphatic carboxylic acids is 1. The van der Waals surface area contributed by atoms with Crippen LogP contribution < -0.4 is 4.74 Å². The van der Waals surface area contributed by atoms with E-state index >= 15 is 0 Å². The van der Waals surface area contributed by atoms with Crippen molar-refractivity contribution in [3.05, 3.63) is 54.1 Å². The molecular weight excluding hydrogens is 370 g/mol. The van der Waals surface area contributed by atoms with Crippen molar-refractivity contribution in [1.29, 1.82) is 0 Å². The van der Waals surface area contributed by atoms with Gasteiger partial charge in [0.2, 0.25) is 0 Å². The number of para-hydroxylation sites is 1. The predicted octanol–water partition coefficient (Wildman–Crippen LogP) is 5.06. The second-order valence-corrected chi connectivity index (χ2v) is 9.43. The van der Waals surface area contributed by atoms with Gasteiger partial charge in [0.05, 0.1) is 11.4 Å². The monoisotopic (exact) mass is 399 g/mol. The Labute approximate surface area is 171 Å². The zero-order chi connectivity index (χ0) is 20.1. The van der Waals surface area contributed by atoms with Crippen LogP contribution in [0.1, 0.15) is 39.2 Å². The lowest BCUT2D eigenvalue weighted by Crippen LogP contribution is -2.40. The zero-order valence-electron chi connectivity index (χ0n) is 16.9. The average molecular weight is 400 g/mol. The molecule has 1 aliphatic rings. The summed E-state index contributed by atoms with van der Waals surface area (Å²) in [5, 5.41) is 8.93. The summed E-state index contributed by atoms with van der Waals surface area (Å²) in [5.74, 6) is 0.141. The molecule has 0 atom stereocenters. The third-order valence-corrected chi connectivity index (χ3v) is 6.05. The molecule has 0 radical (unpaired) electrons. The second-order valence-electron chi connectivity index (χ2n) is 8.31. The van der Waals surface area contributed by atoms with Gasteiger partial charge in [0.25, 0.3) is 0 Å². The summed E-state index contributed by atoms with van der Waals surface area (Å²) in [6.07, 6.45) is 1.84.